The Hall–Kier alpha value is -3.76. The molecule has 5 rings (SSSR count). The molecule has 1 aromatic rings. The number of anilines is 1. The van der Waals surface area contributed by atoms with Gasteiger partial charge in [-0.05, 0) is 0 Å². The monoisotopic (exact) mass is 468 g/mol. The number of carbonyl (C=O) groups excluding carboxylic acids is 2. The molecule has 10 nitrogen and oxygen atoms in total. The van der Waals surface area contributed by atoms with E-state index in [0.717, 1.165) is 0 Å². The Balaban J connectivity index is 1.48. The Morgan fingerprint density at radius 1 is 0.706 bits per heavy atom. The third-order valence-electron chi connectivity index (χ3n) is 6.33. The molecule has 2 fully saturated rings. The number of nitrogens with zero attached hydrogens (tertiary/aromatic N) is 2. The standard InChI is InChI=1S/C24H24N2O8/c27-15-9-13(25-1-5-33-6-2-25)10-16(28)19(15)21-23(31)22(24(21)32)20-17(29)11-14(12-18(20)30)26-3-7-34-8-4-26/h9-12,27-29,31H,1-8H2. The molecule has 2 heterocycles. The zero-order valence-corrected chi connectivity index (χ0v) is 18.3. The lowest BCUT2D eigenvalue weighted by atomic mass is 9.78. The number of benzene rings is 1. The van der Waals surface area contributed by atoms with Crippen LogP contribution in [0.3, 0.4) is 0 Å². The number of phenols is 2. The van der Waals surface area contributed by atoms with Crippen LogP contribution in [0.1, 0.15) is 5.56 Å². The lowest BCUT2D eigenvalue weighted by Gasteiger charge is -2.32. The number of ketones is 2. The minimum atomic E-state index is -0.756. The van der Waals surface area contributed by atoms with Gasteiger partial charge in [0.05, 0.1) is 48.7 Å². The number of phenolic OH excluding ortho intramolecular Hbond substituents is 2. The quantitative estimate of drug-likeness (QED) is 0.480. The maximum atomic E-state index is 13.0. The van der Waals surface area contributed by atoms with Crippen molar-refractivity contribution >= 4 is 22.8 Å². The van der Waals surface area contributed by atoms with Crippen molar-refractivity contribution in [1.82, 2.24) is 4.90 Å². The van der Waals surface area contributed by atoms with Crippen molar-refractivity contribution < 1.29 is 39.5 Å². The van der Waals surface area contributed by atoms with E-state index in [9.17, 15) is 30.0 Å². The van der Waals surface area contributed by atoms with Crippen molar-refractivity contribution in [3.63, 3.8) is 0 Å². The second kappa shape index (κ2) is 8.54. The van der Waals surface area contributed by atoms with Gasteiger partial charge in [-0.1, -0.05) is 0 Å². The fourth-order valence-corrected chi connectivity index (χ4v) is 4.57. The number of aliphatic hydroxyl groups excluding tert-OH is 2. The molecule has 34 heavy (non-hydrogen) atoms. The highest BCUT2D eigenvalue weighted by atomic mass is 16.5. The first kappa shape index (κ1) is 22.1. The van der Waals surface area contributed by atoms with Gasteiger partial charge in [0.2, 0.25) is 5.78 Å². The van der Waals surface area contributed by atoms with E-state index in [1.807, 2.05) is 9.80 Å². The zero-order valence-electron chi connectivity index (χ0n) is 18.3. The number of hydrogen-bond donors (Lipinski definition) is 4. The molecule has 0 amide bonds. The van der Waals surface area contributed by atoms with Crippen molar-refractivity contribution in [2.45, 2.75) is 0 Å². The number of rotatable bonds is 3. The van der Waals surface area contributed by atoms with E-state index < -0.39 is 23.1 Å². The summed E-state index contributed by atoms with van der Waals surface area (Å²) in [7, 11) is 0. The number of hydrogen-bond acceptors (Lipinski definition) is 10. The van der Waals surface area contributed by atoms with Gasteiger partial charge >= 0.3 is 0 Å². The minimum Gasteiger partial charge on any atom is -0.507 e. The van der Waals surface area contributed by atoms with E-state index in [1.54, 1.807) is 0 Å². The average molecular weight is 468 g/mol. The second-order valence-corrected chi connectivity index (χ2v) is 8.32. The molecule has 0 unspecified atom stereocenters. The van der Waals surface area contributed by atoms with Crippen molar-refractivity contribution in [3.8, 4) is 11.5 Å². The van der Waals surface area contributed by atoms with Crippen LogP contribution in [-0.4, -0.2) is 89.5 Å². The van der Waals surface area contributed by atoms with Crippen LogP contribution in [0.15, 0.2) is 52.6 Å². The van der Waals surface area contributed by atoms with Crippen molar-refractivity contribution in [1.29, 1.82) is 0 Å². The van der Waals surface area contributed by atoms with Crippen LogP contribution >= 0.6 is 0 Å². The maximum Gasteiger partial charge on any atom is 0.202 e. The Kier molecular flexibility index (Phi) is 5.54. The number of ether oxygens (including phenoxy) is 2. The van der Waals surface area contributed by atoms with E-state index >= 15 is 0 Å². The number of Topliss-reactive ketones (excluding diaryl/α,β-unsaturated/α-hetero) is 1. The molecule has 4 aliphatic rings. The first-order valence-electron chi connectivity index (χ1n) is 11.0. The van der Waals surface area contributed by atoms with Gasteiger partial charge < -0.3 is 39.7 Å². The average Bonchev–Trinajstić information content (AvgIpc) is 2.84. The van der Waals surface area contributed by atoms with Gasteiger partial charge in [0.1, 0.15) is 23.0 Å². The molecule has 0 aromatic heterocycles. The second-order valence-electron chi connectivity index (χ2n) is 8.32. The van der Waals surface area contributed by atoms with Crippen LogP contribution < -0.4 is 4.90 Å². The predicted octanol–water partition coefficient (Wildman–Crippen LogP) is 1.32. The van der Waals surface area contributed by atoms with Crippen molar-refractivity contribution in [2.75, 3.05) is 57.5 Å². The summed E-state index contributed by atoms with van der Waals surface area (Å²) in [5, 5.41) is 42.4. The maximum absolute atomic E-state index is 13.0. The van der Waals surface area contributed by atoms with E-state index in [-0.39, 0.29) is 33.8 Å². The van der Waals surface area contributed by atoms with Crippen LogP contribution in [0.25, 0.3) is 5.57 Å². The Bertz CT molecular complexity index is 1170. The van der Waals surface area contributed by atoms with E-state index in [1.165, 1.54) is 24.3 Å². The number of allylic oxidation sites excluding steroid dienone is 5. The lowest BCUT2D eigenvalue weighted by Crippen LogP contribution is -2.36. The SMILES string of the molecule is O=C1C=C(N2CCOCC2)C=C(O)C1=C1C(=O)C(c2c(O)cc(N3CCOCC3)cc2O)=C1O. The molecule has 0 radical (unpaired) electrons. The van der Waals surface area contributed by atoms with Crippen LogP contribution in [0, 0.1) is 0 Å². The number of morpholine rings is 2. The van der Waals surface area contributed by atoms with Gasteiger partial charge in [0.25, 0.3) is 0 Å². The summed E-state index contributed by atoms with van der Waals surface area (Å²) in [4.78, 5) is 29.6. The molecule has 0 bridgehead atoms. The van der Waals surface area contributed by atoms with E-state index in [2.05, 4.69) is 0 Å². The molecule has 2 saturated heterocycles. The number of carbonyl (C=O) groups is 2. The van der Waals surface area contributed by atoms with Crippen LogP contribution in [0.2, 0.25) is 0 Å². The van der Waals surface area contributed by atoms with Gasteiger partial charge in [-0.25, -0.2) is 0 Å². The molecule has 0 saturated carbocycles. The Labute approximate surface area is 194 Å². The third-order valence-corrected chi connectivity index (χ3v) is 6.33. The van der Waals surface area contributed by atoms with Gasteiger partial charge in [-0.3, -0.25) is 9.59 Å². The summed E-state index contributed by atoms with van der Waals surface area (Å²) in [5.74, 6) is -3.14. The van der Waals surface area contributed by atoms with E-state index in [0.29, 0.717) is 64.0 Å². The minimum absolute atomic E-state index is 0.222. The molecular formula is C24H24N2O8. The number of aromatic hydroxyl groups is 2. The summed E-state index contributed by atoms with van der Waals surface area (Å²) in [6.45, 7) is 4.29. The van der Waals surface area contributed by atoms with E-state index in [4.69, 9.17) is 9.47 Å². The summed E-state index contributed by atoms with van der Waals surface area (Å²) >= 11 is 0. The summed E-state index contributed by atoms with van der Waals surface area (Å²) < 4.78 is 10.6. The largest absolute Gasteiger partial charge is 0.507 e. The van der Waals surface area contributed by atoms with Crippen molar-refractivity contribution in [3.05, 3.63) is 58.2 Å². The fourth-order valence-electron chi connectivity index (χ4n) is 4.57. The molecule has 0 spiro atoms. The van der Waals surface area contributed by atoms with Crippen LogP contribution in [0.5, 0.6) is 11.5 Å². The summed E-state index contributed by atoms with van der Waals surface area (Å²) in [6, 6.07) is 2.80. The normalized spacial score (nSPS) is 23.6. The molecule has 2 aliphatic carbocycles. The topological polar surface area (TPSA) is 140 Å². The zero-order chi connectivity index (χ0) is 24.0. The van der Waals surface area contributed by atoms with Crippen LogP contribution in [0.4, 0.5) is 5.69 Å². The Morgan fingerprint density at radius 3 is 1.79 bits per heavy atom. The lowest BCUT2D eigenvalue weighted by molar-refractivity contribution is -0.114. The molecule has 4 N–H and O–H groups in total. The predicted molar refractivity (Wildman–Crippen MR) is 121 cm³/mol. The molecule has 178 valence electrons. The smallest absolute Gasteiger partial charge is 0.202 e. The number of aliphatic hydroxyl groups is 2. The molecule has 1 aromatic carbocycles. The van der Waals surface area contributed by atoms with Gasteiger partial charge in [0.15, 0.2) is 5.78 Å². The fraction of sp³-hybridized carbons (Fsp3) is 0.333. The third kappa shape index (κ3) is 3.61. The first-order chi connectivity index (χ1) is 16.4. The summed E-state index contributed by atoms with van der Waals surface area (Å²) in [6.07, 6.45) is 2.68. The first-order valence-corrected chi connectivity index (χ1v) is 11.0. The van der Waals surface area contributed by atoms with Gasteiger partial charge in [-0.2, -0.15) is 0 Å². The molecule has 10 heteroatoms. The highest BCUT2D eigenvalue weighted by molar-refractivity contribution is 6.42. The molecule has 2 aliphatic heterocycles. The highest BCUT2D eigenvalue weighted by Gasteiger charge is 2.42. The molecule has 0 atom stereocenters. The summed E-state index contributed by atoms with van der Waals surface area (Å²) in [5.41, 5.74) is -0.139. The Morgan fingerprint density at radius 2 is 1.26 bits per heavy atom. The molecular weight excluding hydrogens is 444 g/mol. The van der Waals surface area contributed by atoms with Gasteiger partial charge in [-0.15, -0.1) is 0 Å². The highest BCUT2D eigenvalue weighted by Crippen LogP contribution is 2.47. The van der Waals surface area contributed by atoms with Gasteiger partial charge in [0, 0.05) is 61.8 Å². The van der Waals surface area contributed by atoms with Crippen LogP contribution in [-0.2, 0) is 19.1 Å². The van der Waals surface area contributed by atoms with Crippen molar-refractivity contribution in [2.24, 2.45) is 0 Å².